The molecular formula is C23H23ClN4O3. The first-order valence-corrected chi connectivity index (χ1v) is 10.3. The van der Waals surface area contributed by atoms with Crippen molar-refractivity contribution in [2.75, 3.05) is 30.0 Å². The molecule has 1 amide bonds. The number of aromatic nitrogens is 1. The van der Waals surface area contributed by atoms with Crippen LogP contribution in [0.2, 0.25) is 5.02 Å². The number of H-pyrrole nitrogens is 1. The Morgan fingerprint density at radius 1 is 1.26 bits per heavy atom. The number of aliphatic hydroxyl groups is 1. The van der Waals surface area contributed by atoms with Crippen LogP contribution in [-0.2, 0) is 0 Å². The Kier molecular flexibility index (Phi) is 5.97. The number of carbonyl (C=O) groups excluding carboxylic acids is 1. The number of carbonyl (C=O) groups is 1. The number of rotatable bonds is 6. The quantitative estimate of drug-likeness (QED) is 0.398. The van der Waals surface area contributed by atoms with E-state index in [0.29, 0.717) is 35.1 Å². The number of ether oxygens (including phenoxy) is 1. The number of benzene rings is 2. The number of halogens is 1. The van der Waals surface area contributed by atoms with E-state index in [4.69, 9.17) is 21.7 Å². The summed E-state index contributed by atoms with van der Waals surface area (Å²) in [6.07, 6.45) is 3.09. The highest BCUT2D eigenvalue weighted by Crippen LogP contribution is 2.35. The fraction of sp³-hybridized carbons (Fsp3) is 0.217. The molecule has 1 saturated heterocycles. The van der Waals surface area contributed by atoms with Gasteiger partial charge in [-0.25, -0.2) is 0 Å². The Bertz CT molecular complexity index is 1100. The summed E-state index contributed by atoms with van der Waals surface area (Å²) in [4.78, 5) is 19.4. The van der Waals surface area contributed by atoms with E-state index in [1.165, 1.54) is 4.90 Å². The first kappa shape index (κ1) is 21.0. The number of methoxy groups -OCH3 is 1. The van der Waals surface area contributed by atoms with Gasteiger partial charge in [0.2, 0.25) is 0 Å². The Morgan fingerprint density at radius 3 is 2.68 bits per heavy atom. The van der Waals surface area contributed by atoms with Crippen LogP contribution in [0.15, 0.2) is 54.7 Å². The first-order valence-electron chi connectivity index (χ1n) is 9.89. The lowest BCUT2D eigenvalue weighted by Crippen LogP contribution is -2.29. The normalized spacial score (nSPS) is 15.7. The molecule has 1 fully saturated rings. The molecule has 3 aromatic rings. The zero-order chi connectivity index (χ0) is 22.0. The van der Waals surface area contributed by atoms with E-state index in [9.17, 15) is 9.90 Å². The lowest BCUT2D eigenvalue weighted by molar-refractivity contribution is 0.0999. The average Bonchev–Trinajstić information content (AvgIpc) is 3.44. The Labute approximate surface area is 185 Å². The standard InChI is InChI=1S/C23H23ClN4O3/c1-31-22-11-18(6-7-21(22)27-9-8-19(29)13-27)28(14-25)23(30)20-10-16(12-26-20)15-2-4-17(24)5-3-15/h2-7,10-12,14,19,25-26,29H,8-9,13H2,1H3. The highest BCUT2D eigenvalue weighted by molar-refractivity contribution is 6.30. The van der Waals surface area contributed by atoms with Crippen LogP contribution in [0, 0.1) is 5.41 Å². The Morgan fingerprint density at radius 2 is 2.03 bits per heavy atom. The first-order chi connectivity index (χ1) is 15.0. The van der Waals surface area contributed by atoms with Crippen molar-refractivity contribution in [3.8, 4) is 16.9 Å². The molecular weight excluding hydrogens is 416 g/mol. The van der Waals surface area contributed by atoms with Gasteiger partial charge in [0.1, 0.15) is 11.4 Å². The van der Waals surface area contributed by atoms with Gasteiger partial charge in [-0.3, -0.25) is 15.1 Å². The highest BCUT2D eigenvalue weighted by Gasteiger charge is 2.25. The van der Waals surface area contributed by atoms with E-state index in [2.05, 4.69) is 4.98 Å². The summed E-state index contributed by atoms with van der Waals surface area (Å²) in [7, 11) is 1.56. The maximum absolute atomic E-state index is 13.1. The van der Waals surface area contributed by atoms with Crippen molar-refractivity contribution in [2.24, 2.45) is 0 Å². The monoisotopic (exact) mass is 438 g/mol. The van der Waals surface area contributed by atoms with Crippen LogP contribution < -0.4 is 14.5 Å². The van der Waals surface area contributed by atoms with E-state index in [1.54, 1.807) is 43.6 Å². The minimum Gasteiger partial charge on any atom is -0.495 e. The molecule has 0 aliphatic carbocycles. The van der Waals surface area contributed by atoms with Crippen molar-refractivity contribution in [3.63, 3.8) is 0 Å². The lowest BCUT2D eigenvalue weighted by Gasteiger charge is -2.23. The van der Waals surface area contributed by atoms with Gasteiger partial charge < -0.3 is 19.7 Å². The van der Waals surface area contributed by atoms with Crippen LogP contribution in [0.25, 0.3) is 11.1 Å². The van der Waals surface area contributed by atoms with E-state index in [0.717, 1.165) is 29.7 Å². The lowest BCUT2D eigenvalue weighted by atomic mass is 10.1. The number of anilines is 2. The molecule has 31 heavy (non-hydrogen) atoms. The molecule has 3 N–H and O–H groups in total. The fourth-order valence-electron chi connectivity index (χ4n) is 3.75. The third-order valence-electron chi connectivity index (χ3n) is 5.38. The van der Waals surface area contributed by atoms with Gasteiger partial charge in [0.15, 0.2) is 0 Å². The molecule has 1 aliphatic heterocycles. The van der Waals surface area contributed by atoms with E-state index in [1.807, 2.05) is 23.1 Å². The second kappa shape index (κ2) is 8.83. The van der Waals surface area contributed by atoms with Crippen LogP contribution >= 0.6 is 11.6 Å². The van der Waals surface area contributed by atoms with Crippen molar-refractivity contribution in [1.82, 2.24) is 4.98 Å². The van der Waals surface area contributed by atoms with Crippen LogP contribution in [0.3, 0.4) is 0 Å². The number of aromatic amines is 1. The molecule has 1 unspecified atom stereocenters. The van der Waals surface area contributed by atoms with Crippen molar-refractivity contribution in [1.29, 1.82) is 5.41 Å². The molecule has 7 nitrogen and oxygen atoms in total. The number of nitrogens with one attached hydrogen (secondary N) is 2. The summed E-state index contributed by atoms with van der Waals surface area (Å²) in [5.74, 6) is 0.223. The van der Waals surface area contributed by atoms with Gasteiger partial charge in [0.25, 0.3) is 5.91 Å². The van der Waals surface area contributed by atoms with Crippen molar-refractivity contribution < 1.29 is 14.6 Å². The maximum atomic E-state index is 13.1. The SMILES string of the molecule is COc1cc(N(C=N)C(=O)c2cc(-c3ccc(Cl)cc3)c[nH]2)ccc1N1CCC(O)C1. The van der Waals surface area contributed by atoms with Gasteiger partial charge in [-0.05, 0) is 47.9 Å². The maximum Gasteiger partial charge on any atom is 0.279 e. The molecule has 160 valence electrons. The van der Waals surface area contributed by atoms with Crippen LogP contribution in [0.4, 0.5) is 11.4 Å². The molecule has 2 heterocycles. The third-order valence-corrected chi connectivity index (χ3v) is 5.64. The molecule has 0 spiro atoms. The number of hydrogen-bond donors (Lipinski definition) is 3. The zero-order valence-electron chi connectivity index (χ0n) is 17.0. The summed E-state index contributed by atoms with van der Waals surface area (Å²) < 4.78 is 5.53. The number of amides is 1. The zero-order valence-corrected chi connectivity index (χ0v) is 17.8. The second-order valence-corrected chi connectivity index (χ2v) is 7.79. The molecule has 4 rings (SSSR count). The van der Waals surface area contributed by atoms with Crippen LogP contribution in [0.5, 0.6) is 5.75 Å². The number of aliphatic hydroxyl groups excluding tert-OH is 1. The molecule has 8 heteroatoms. The summed E-state index contributed by atoms with van der Waals surface area (Å²) in [6, 6.07) is 14.5. The number of β-amino-alcohol motifs (C(OH)–C–C–N with tert-alkyl or cyclic N) is 1. The molecule has 2 aromatic carbocycles. The van der Waals surface area contributed by atoms with Gasteiger partial charge >= 0.3 is 0 Å². The number of hydrogen-bond acceptors (Lipinski definition) is 5. The molecule has 0 bridgehead atoms. The van der Waals surface area contributed by atoms with Crippen molar-refractivity contribution in [2.45, 2.75) is 12.5 Å². The van der Waals surface area contributed by atoms with Gasteiger partial charge in [-0.2, -0.15) is 0 Å². The van der Waals surface area contributed by atoms with E-state index < -0.39 is 0 Å². The van der Waals surface area contributed by atoms with E-state index in [-0.39, 0.29) is 12.0 Å². The summed E-state index contributed by atoms with van der Waals surface area (Å²) >= 11 is 5.95. The van der Waals surface area contributed by atoms with Gasteiger partial charge in [0, 0.05) is 30.4 Å². The topological polar surface area (TPSA) is 92.7 Å². The van der Waals surface area contributed by atoms with Gasteiger partial charge in [-0.1, -0.05) is 23.7 Å². The molecule has 1 aromatic heterocycles. The Balaban J connectivity index is 1.59. The Hall–Kier alpha value is -3.29. The summed E-state index contributed by atoms with van der Waals surface area (Å²) in [5, 5.41) is 18.3. The molecule has 0 radical (unpaired) electrons. The van der Waals surface area contributed by atoms with E-state index >= 15 is 0 Å². The average molecular weight is 439 g/mol. The third kappa shape index (κ3) is 4.28. The minimum absolute atomic E-state index is 0.355. The minimum atomic E-state index is -0.360. The highest BCUT2D eigenvalue weighted by atomic mass is 35.5. The van der Waals surface area contributed by atoms with Crippen molar-refractivity contribution in [3.05, 3.63) is 65.4 Å². The smallest absolute Gasteiger partial charge is 0.279 e. The van der Waals surface area contributed by atoms with Crippen LogP contribution in [-0.4, -0.2) is 48.6 Å². The van der Waals surface area contributed by atoms with Crippen LogP contribution in [0.1, 0.15) is 16.9 Å². The second-order valence-electron chi connectivity index (χ2n) is 7.36. The van der Waals surface area contributed by atoms with Gasteiger partial charge in [0.05, 0.1) is 30.9 Å². The summed E-state index contributed by atoms with van der Waals surface area (Å²) in [5.41, 5.74) is 3.51. The number of nitrogens with zero attached hydrogens (tertiary/aromatic N) is 2. The molecule has 1 aliphatic rings. The predicted octanol–water partition coefficient (Wildman–Crippen LogP) is 4.17. The predicted molar refractivity (Wildman–Crippen MR) is 123 cm³/mol. The molecule has 0 saturated carbocycles. The fourth-order valence-corrected chi connectivity index (χ4v) is 3.87. The van der Waals surface area contributed by atoms with Gasteiger partial charge in [-0.15, -0.1) is 0 Å². The largest absolute Gasteiger partial charge is 0.495 e. The summed E-state index contributed by atoms with van der Waals surface area (Å²) in [6.45, 7) is 1.28. The van der Waals surface area contributed by atoms with Crippen molar-refractivity contribution >= 4 is 35.2 Å². The molecule has 1 atom stereocenters.